The van der Waals surface area contributed by atoms with Gasteiger partial charge < -0.3 is 0 Å². The maximum atomic E-state index is 12.5. The molecule has 0 saturated heterocycles. The first-order chi connectivity index (χ1) is 17.2. The molecule has 0 aliphatic carbocycles. The van der Waals surface area contributed by atoms with Crippen LogP contribution in [-0.4, -0.2) is 37.6 Å². The van der Waals surface area contributed by atoms with Gasteiger partial charge in [0.05, 0.1) is 12.0 Å². The third kappa shape index (κ3) is 5.24. The first-order valence-electron chi connectivity index (χ1n) is 10.7. The summed E-state index contributed by atoms with van der Waals surface area (Å²) in [7, 11) is 0. The van der Waals surface area contributed by atoms with Crippen LogP contribution < -0.4 is 5.43 Å². The highest BCUT2D eigenvalue weighted by molar-refractivity contribution is 7.99. The summed E-state index contributed by atoms with van der Waals surface area (Å²) in [5, 5.41) is 16.2. The second kappa shape index (κ2) is 10.5. The zero-order valence-corrected chi connectivity index (χ0v) is 19.9. The van der Waals surface area contributed by atoms with E-state index in [1.165, 1.54) is 11.8 Å². The standard InChI is InChI=1S/C26H19ClN6OS/c27-21-8-10-22(11-9-21)33-25(19-12-14-28-15-13-19)31-32-26(33)35-17-24(34)30-29-16-20-6-3-5-18-4-1-2-7-23(18)20/h1-16H,17H2,(H,30,34)/b29-16+. The molecule has 2 heterocycles. The average Bonchev–Trinajstić information content (AvgIpc) is 3.32. The molecule has 0 spiro atoms. The number of amides is 1. The molecule has 5 aromatic rings. The zero-order valence-electron chi connectivity index (χ0n) is 18.4. The molecule has 0 aliphatic rings. The minimum Gasteiger partial charge on any atom is -0.272 e. The van der Waals surface area contributed by atoms with Gasteiger partial charge in [-0.3, -0.25) is 14.3 Å². The van der Waals surface area contributed by atoms with E-state index in [1.54, 1.807) is 30.7 Å². The highest BCUT2D eigenvalue weighted by Gasteiger charge is 2.17. The van der Waals surface area contributed by atoms with Crippen molar-refractivity contribution in [1.29, 1.82) is 0 Å². The lowest BCUT2D eigenvalue weighted by Crippen LogP contribution is -2.20. The van der Waals surface area contributed by atoms with Crippen LogP contribution in [0.4, 0.5) is 0 Å². The largest absolute Gasteiger partial charge is 0.272 e. The number of fused-ring (bicyclic) bond motifs is 1. The van der Waals surface area contributed by atoms with E-state index in [4.69, 9.17) is 11.6 Å². The third-order valence-corrected chi connectivity index (χ3v) is 6.39. The minimum atomic E-state index is -0.248. The fourth-order valence-corrected chi connectivity index (χ4v) is 4.44. The van der Waals surface area contributed by atoms with Gasteiger partial charge in [0.1, 0.15) is 0 Å². The van der Waals surface area contributed by atoms with Crippen LogP contribution in [0, 0.1) is 0 Å². The summed E-state index contributed by atoms with van der Waals surface area (Å²) in [5.74, 6) is 0.517. The molecule has 2 aromatic heterocycles. The van der Waals surface area contributed by atoms with Crippen LogP contribution in [0.2, 0.25) is 5.02 Å². The molecule has 1 N–H and O–H groups in total. The van der Waals surface area contributed by atoms with E-state index in [0.717, 1.165) is 27.6 Å². The first kappa shape index (κ1) is 22.8. The van der Waals surface area contributed by atoms with Gasteiger partial charge in [-0.1, -0.05) is 65.8 Å². The Labute approximate surface area is 210 Å². The van der Waals surface area contributed by atoms with Crippen molar-refractivity contribution in [2.45, 2.75) is 5.16 Å². The van der Waals surface area contributed by atoms with Crippen molar-refractivity contribution in [1.82, 2.24) is 25.2 Å². The number of carbonyl (C=O) groups is 1. The lowest BCUT2D eigenvalue weighted by molar-refractivity contribution is -0.118. The predicted molar refractivity (Wildman–Crippen MR) is 140 cm³/mol. The Balaban J connectivity index is 1.32. The molecule has 35 heavy (non-hydrogen) atoms. The van der Waals surface area contributed by atoms with Crippen LogP contribution in [0.15, 0.2) is 102 Å². The molecule has 3 aromatic carbocycles. The Morgan fingerprint density at radius 1 is 0.971 bits per heavy atom. The number of hydrogen-bond donors (Lipinski definition) is 1. The van der Waals surface area contributed by atoms with Crippen molar-refractivity contribution >= 4 is 46.3 Å². The number of carbonyl (C=O) groups excluding carboxylic acids is 1. The van der Waals surface area contributed by atoms with Gasteiger partial charge in [0.25, 0.3) is 5.91 Å². The Kier molecular flexibility index (Phi) is 6.83. The molecular formula is C26H19ClN6OS. The Bertz CT molecular complexity index is 1500. The number of aromatic nitrogens is 4. The van der Waals surface area contributed by atoms with Gasteiger partial charge in [-0.15, -0.1) is 10.2 Å². The van der Waals surface area contributed by atoms with Crippen molar-refractivity contribution < 1.29 is 4.79 Å². The molecule has 0 radical (unpaired) electrons. The number of nitrogens with zero attached hydrogens (tertiary/aromatic N) is 5. The minimum absolute atomic E-state index is 0.120. The van der Waals surface area contributed by atoms with E-state index in [1.807, 2.05) is 71.3 Å². The topological polar surface area (TPSA) is 85.1 Å². The molecule has 0 aliphatic heterocycles. The number of thioether (sulfide) groups is 1. The maximum Gasteiger partial charge on any atom is 0.250 e. The number of rotatable bonds is 7. The lowest BCUT2D eigenvalue weighted by atomic mass is 10.1. The van der Waals surface area contributed by atoms with Crippen LogP contribution >= 0.6 is 23.4 Å². The summed E-state index contributed by atoms with van der Waals surface area (Å²) in [6.45, 7) is 0. The molecule has 0 bridgehead atoms. The fourth-order valence-electron chi connectivity index (χ4n) is 3.57. The Morgan fingerprint density at radius 2 is 1.74 bits per heavy atom. The zero-order chi connectivity index (χ0) is 24.0. The van der Waals surface area contributed by atoms with E-state index in [2.05, 4.69) is 25.7 Å². The molecule has 5 rings (SSSR count). The van der Waals surface area contributed by atoms with Gasteiger partial charge in [-0.25, -0.2) is 5.43 Å². The van der Waals surface area contributed by atoms with Gasteiger partial charge in [-0.05, 0) is 47.2 Å². The van der Waals surface area contributed by atoms with Crippen molar-refractivity contribution in [3.05, 3.63) is 102 Å². The van der Waals surface area contributed by atoms with Crippen molar-refractivity contribution in [2.24, 2.45) is 5.10 Å². The normalized spacial score (nSPS) is 11.2. The smallest absolute Gasteiger partial charge is 0.250 e. The molecule has 0 atom stereocenters. The SMILES string of the molecule is O=C(CSc1nnc(-c2ccncc2)n1-c1ccc(Cl)cc1)N/N=C/c1cccc2ccccc12. The van der Waals surface area contributed by atoms with Gasteiger partial charge in [0.2, 0.25) is 0 Å². The summed E-state index contributed by atoms with van der Waals surface area (Å²) in [6.07, 6.45) is 5.05. The predicted octanol–water partition coefficient (Wildman–Crippen LogP) is 5.38. The van der Waals surface area contributed by atoms with E-state index < -0.39 is 0 Å². The number of hydrogen-bond acceptors (Lipinski definition) is 6. The summed E-state index contributed by atoms with van der Waals surface area (Å²) < 4.78 is 1.89. The summed E-state index contributed by atoms with van der Waals surface area (Å²) in [6, 6.07) is 25.1. The van der Waals surface area contributed by atoms with E-state index in [-0.39, 0.29) is 11.7 Å². The van der Waals surface area contributed by atoms with E-state index in [9.17, 15) is 4.79 Å². The summed E-state index contributed by atoms with van der Waals surface area (Å²) in [4.78, 5) is 16.6. The molecule has 7 nitrogen and oxygen atoms in total. The Morgan fingerprint density at radius 3 is 2.57 bits per heavy atom. The molecular weight excluding hydrogens is 480 g/mol. The number of benzene rings is 3. The fraction of sp³-hybridized carbons (Fsp3) is 0.0385. The van der Waals surface area contributed by atoms with Crippen LogP contribution in [-0.2, 0) is 4.79 Å². The number of halogens is 1. The lowest BCUT2D eigenvalue weighted by Gasteiger charge is -2.10. The van der Waals surface area contributed by atoms with Crippen molar-refractivity contribution in [2.75, 3.05) is 5.75 Å². The van der Waals surface area contributed by atoms with Gasteiger partial charge in [-0.2, -0.15) is 5.10 Å². The molecule has 9 heteroatoms. The molecule has 1 amide bonds. The molecule has 172 valence electrons. The van der Waals surface area contributed by atoms with Crippen LogP contribution in [0.25, 0.3) is 27.8 Å². The van der Waals surface area contributed by atoms with Gasteiger partial charge in [0, 0.05) is 34.2 Å². The monoisotopic (exact) mass is 498 g/mol. The second-order valence-electron chi connectivity index (χ2n) is 7.50. The molecule has 0 fully saturated rings. The van der Waals surface area contributed by atoms with E-state index >= 15 is 0 Å². The summed E-state index contributed by atoms with van der Waals surface area (Å²) in [5.41, 5.74) is 5.22. The van der Waals surface area contributed by atoms with Gasteiger partial charge >= 0.3 is 0 Å². The number of nitrogens with one attached hydrogen (secondary N) is 1. The molecule has 0 unspecified atom stereocenters. The van der Waals surface area contributed by atoms with Gasteiger partial charge in [0.15, 0.2) is 11.0 Å². The van der Waals surface area contributed by atoms with Crippen LogP contribution in [0.3, 0.4) is 0 Å². The number of pyridine rings is 1. The number of hydrazone groups is 1. The highest BCUT2D eigenvalue weighted by atomic mass is 35.5. The van der Waals surface area contributed by atoms with Crippen LogP contribution in [0.1, 0.15) is 5.56 Å². The van der Waals surface area contributed by atoms with E-state index in [0.29, 0.717) is 16.0 Å². The maximum absolute atomic E-state index is 12.5. The first-order valence-corrected chi connectivity index (χ1v) is 12.1. The average molecular weight is 499 g/mol. The third-order valence-electron chi connectivity index (χ3n) is 5.21. The Hall–Kier alpha value is -4.01. The molecule has 0 saturated carbocycles. The van der Waals surface area contributed by atoms with Crippen molar-refractivity contribution in [3.63, 3.8) is 0 Å². The second-order valence-corrected chi connectivity index (χ2v) is 8.88. The quantitative estimate of drug-likeness (QED) is 0.185. The van der Waals surface area contributed by atoms with Crippen LogP contribution in [0.5, 0.6) is 0 Å². The van der Waals surface area contributed by atoms with Crippen molar-refractivity contribution in [3.8, 4) is 17.1 Å². The highest BCUT2D eigenvalue weighted by Crippen LogP contribution is 2.28. The summed E-state index contributed by atoms with van der Waals surface area (Å²) >= 11 is 7.35.